The van der Waals surface area contributed by atoms with E-state index in [2.05, 4.69) is 15.6 Å². The Labute approximate surface area is 145 Å². The van der Waals surface area contributed by atoms with E-state index in [9.17, 15) is 8.42 Å². The Kier molecular flexibility index (Phi) is 8.04. The van der Waals surface area contributed by atoms with E-state index in [-0.39, 0.29) is 11.8 Å². The third-order valence-electron chi connectivity index (χ3n) is 3.58. The second-order valence-electron chi connectivity index (χ2n) is 6.03. The lowest BCUT2D eigenvalue weighted by molar-refractivity contribution is 0.317. The molecule has 24 heavy (non-hydrogen) atoms. The zero-order valence-electron chi connectivity index (χ0n) is 15.2. The minimum atomic E-state index is -2.94. The molecule has 136 valence electrons. The van der Waals surface area contributed by atoms with E-state index >= 15 is 0 Å². The van der Waals surface area contributed by atoms with E-state index in [1.54, 1.807) is 7.05 Å². The van der Waals surface area contributed by atoms with Gasteiger partial charge >= 0.3 is 0 Å². The molecule has 0 bridgehead atoms. The van der Waals surface area contributed by atoms with Gasteiger partial charge in [-0.3, -0.25) is 4.99 Å². The Morgan fingerprint density at radius 3 is 2.46 bits per heavy atom. The van der Waals surface area contributed by atoms with Gasteiger partial charge in [-0.25, -0.2) is 8.42 Å². The fourth-order valence-electron chi connectivity index (χ4n) is 2.24. The Bertz CT molecular complexity index is 637. The highest BCUT2D eigenvalue weighted by molar-refractivity contribution is 7.90. The third kappa shape index (κ3) is 7.68. The van der Waals surface area contributed by atoms with E-state index in [1.165, 1.54) is 6.26 Å². The largest absolute Gasteiger partial charge is 0.491 e. The van der Waals surface area contributed by atoms with Crippen molar-refractivity contribution in [3.05, 3.63) is 29.3 Å². The van der Waals surface area contributed by atoms with Gasteiger partial charge in [0.2, 0.25) is 0 Å². The standard InChI is InChI=1S/C17H29N3O3S/c1-13-7-6-8-14(2)16(13)23-11-10-19-17(18-4)20-15(3)9-12-24(5,21)22/h6-8,15H,9-12H2,1-5H3,(H2,18,19,20). The van der Waals surface area contributed by atoms with Gasteiger partial charge in [0.15, 0.2) is 5.96 Å². The van der Waals surface area contributed by atoms with E-state index in [0.29, 0.717) is 25.5 Å². The van der Waals surface area contributed by atoms with E-state index in [0.717, 1.165) is 16.9 Å². The number of aliphatic imine (C=N–C) groups is 1. The molecule has 7 heteroatoms. The van der Waals surface area contributed by atoms with Crippen molar-refractivity contribution in [2.45, 2.75) is 33.2 Å². The van der Waals surface area contributed by atoms with E-state index in [4.69, 9.17) is 4.74 Å². The van der Waals surface area contributed by atoms with Crippen LogP contribution in [0.3, 0.4) is 0 Å². The van der Waals surface area contributed by atoms with Crippen molar-refractivity contribution in [2.75, 3.05) is 32.2 Å². The molecule has 0 fully saturated rings. The number of nitrogens with zero attached hydrogens (tertiary/aromatic N) is 1. The van der Waals surface area contributed by atoms with Gasteiger partial charge < -0.3 is 15.4 Å². The lowest BCUT2D eigenvalue weighted by Gasteiger charge is -2.18. The van der Waals surface area contributed by atoms with Crippen LogP contribution in [-0.4, -0.2) is 52.6 Å². The number of guanidine groups is 1. The summed E-state index contributed by atoms with van der Waals surface area (Å²) < 4.78 is 28.2. The van der Waals surface area contributed by atoms with Gasteiger partial charge in [-0.05, 0) is 38.3 Å². The number of nitrogens with one attached hydrogen (secondary N) is 2. The molecule has 0 aliphatic heterocycles. The minimum absolute atomic E-state index is 0.0189. The maximum absolute atomic E-state index is 11.2. The van der Waals surface area contributed by atoms with E-state index < -0.39 is 9.84 Å². The monoisotopic (exact) mass is 355 g/mol. The van der Waals surface area contributed by atoms with Crippen LogP contribution >= 0.6 is 0 Å². The Hall–Kier alpha value is -1.76. The van der Waals surface area contributed by atoms with Gasteiger partial charge in [0.1, 0.15) is 22.2 Å². The van der Waals surface area contributed by atoms with Crippen molar-refractivity contribution in [2.24, 2.45) is 4.99 Å². The molecule has 1 unspecified atom stereocenters. The Morgan fingerprint density at radius 1 is 1.29 bits per heavy atom. The molecule has 0 saturated carbocycles. The number of hydrogen-bond acceptors (Lipinski definition) is 4. The second-order valence-corrected chi connectivity index (χ2v) is 8.29. The fourth-order valence-corrected chi connectivity index (χ4v) is 3.02. The molecule has 0 amide bonds. The Balaban J connectivity index is 2.37. The van der Waals surface area contributed by atoms with Crippen LogP contribution in [-0.2, 0) is 9.84 Å². The molecule has 1 rings (SSSR count). The van der Waals surface area contributed by atoms with Crippen LogP contribution in [0.15, 0.2) is 23.2 Å². The zero-order valence-corrected chi connectivity index (χ0v) is 16.0. The first-order valence-corrected chi connectivity index (χ1v) is 10.1. The predicted octanol–water partition coefficient (Wildman–Crippen LogP) is 1.67. The lowest BCUT2D eigenvalue weighted by Crippen LogP contribution is -2.44. The molecule has 0 aromatic heterocycles. The highest BCUT2D eigenvalue weighted by Crippen LogP contribution is 2.21. The van der Waals surface area contributed by atoms with Crippen molar-refractivity contribution in [1.82, 2.24) is 10.6 Å². The second kappa shape index (κ2) is 9.52. The van der Waals surface area contributed by atoms with Gasteiger partial charge in [-0.15, -0.1) is 0 Å². The average Bonchev–Trinajstić information content (AvgIpc) is 2.50. The normalized spacial score (nSPS) is 13.5. The quantitative estimate of drug-likeness (QED) is 0.421. The summed E-state index contributed by atoms with van der Waals surface area (Å²) in [6.07, 6.45) is 1.79. The molecular weight excluding hydrogens is 326 g/mol. The van der Waals surface area contributed by atoms with Crippen molar-refractivity contribution in [3.8, 4) is 5.75 Å². The molecular formula is C17H29N3O3S. The molecule has 0 saturated heterocycles. The van der Waals surface area contributed by atoms with Crippen LogP contribution < -0.4 is 15.4 Å². The van der Waals surface area contributed by atoms with Crippen LogP contribution in [0.2, 0.25) is 0 Å². The summed E-state index contributed by atoms with van der Waals surface area (Å²) in [5.41, 5.74) is 2.24. The average molecular weight is 356 g/mol. The molecule has 1 atom stereocenters. The number of sulfone groups is 1. The van der Waals surface area contributed by atoms with Crippen LogP contribution in [0.25, 0.3) is 0 Å². The van der Waals surface area contributed by atoms with Gasteiger partial charge in [-0.1, -0.05) is 18.2 Å². The summed E-state index contributed by atoms with van der Waals surface area (Å²) in [4.78, 5) is 4.14. The predicted molar refractivity (Wildman–Crippen MR) is 99.7 cm³/mol. The molecule has 0 spiro atoms. The van der Waals surface area contributed by atoms with Crippen LogP contribution in [0.1, 0.15) is 24.5 Å². The topological polar surface area (TPSA) is 79.8 Å². The van der Waals surface area contributed by atoms with E-state index in [1.807, 2.05) is 39.0 Å². The molecule has 0 aliphatic carbocycles. The van der Waals surface area contributed by atoms with Crippen molar-refractivity contribution >= 4 is 15.8 Å². The molecule has 0 heterocycles. The summed E-state index contributed by atoms with van der Waals surface area (Å²) >= 11 is 0. The minimum Gasteiger partial charge on any atom is -0.491 e. The number of benzene rings is 1. The van der Waals surface area contributed by atoms with Crippen molar-refractivity contribution in [3.63, 3.8) is 0 Å². The van der Waals surface area contributed by atoms with Gasteiger partial charge in [0, 0.05) is 19.3 Å². The number of hydrogen-bond donors (Lipinski definition) is 2. The molecule has 6 nitrogen and oxygen atoms in total. The SMILES string of the molecule is CN=C(NCCOc1c(C)cccc1C)NC(C)CCS(C)(=O)=O. The van der Waals surface area contributed by atoms with Gasteiger partial charge in [0.25, 0.3) is 0 Å². The third-order valence-corrected chi connectivity index (χ3v) is 4.56. The van der Waals surface area contributed by atoms with Crippen LogP contribution in [0.5, 0.6) is 5.75 Å². The smallest absolute Gasteiger partial charge is 0.191 e. The first-order valence-electron chi connectivity index (χ1n) is 8.07. The number of ether oxygens (including phenoxy) is 1. The molecule has 0 aliphatic rings. The Morgan fingerprint density at radius 2 is 1.92 bits per heavy atom. The number of rotatable bonds is 8. The highest BCUT2D eigenvalue weighted by atomic mass is 32.2. The van der Waals surface area contributed by atoms with Crippen LogP contribution in [0.4, 0.5) is 0 Å². The summed E-state index contributed by atoms with van der Waals surface area (Å²) in [5, 5.41) is 6.35. The van der Waals surface area contributed by atoms with Crippen molar-refractivity contribution in [1.29, 1.82) is 0 Å². The van der Waals surface area contributed by atoms with Gasteiger partial charge in [-0.2, -0.15) is 0 Å². The summed E-state index contributed by atoms with van der Waals surface area (Å²) in [7, 11) is -1.26. The summed E-state index contributed by atoms with van der Waals surface area (Å²) in [6, 6.07) is 6.09. The summed E-state index contributed by atoms with van der Waals surface area (Å²) in [5.74, 6) is 1.72. The molecule has 1 aromatic rings. The first kappa shape index (κ1) is 20.3. The first-order chi connectivity index (χ1) is 11.2. The molecule has 2 N–H and O–H groups in total. The lowest BCUT2D eigenvalue weighted by atomic mass is 10.1. The maximum Gasteiger partial charge on any atom is 0.191 e. The highest BCUT2D eigenvalue weighted by Gasteiger charge is 2.09. The number of para-hydroxylation sites is 1. The van der Waals surface area contributed by atoms with Crippen LogP contribution in [0, 0.1) is 13.8 Å². The number of aryl methyl sites for hydroxylation is 2. The zero-order chi connectivity index (χ0) is 18.2. The fraction of sp³-hybridized carbons (Fsp3) is 0.588. The summed E-state index contributed by atoms with van der Waals surface area (Å²) in [6.45, 7) is 7.11. The van der Waals surface area contributed by atoms with Crippen molar-refractivity contribution < 1.29 is 13.2 Å². The molecule has 0 radical (unpaired) electrons. The van der Waals surface area contributed by atoms with Gasteiger partial charge in [0.05, 0.1) is 12.3 Å². The molecule has 1 aromatic carbocycles. The maximum atomic E-state index is 11.2.